The van der Waals surface area contributed by atoms with Crippen molar-refractivity contribution in [2.45, 2.75) is 71.5 Å². The van der Waals surface area contributed by atoms with Crippen LogP contribution in [-0.4, -0.2) is 36.9 Å². The zero-order chi connectivity index (χ0) is 19.3. The molecular formula is C21H30O5. The monoisotopic (exact) mass is 362 g/mol. The van der Waals surface area contributed by atoms with Gasteiger partial charge in [-0.25, -0.2) is 4.79 Å². The maximum Gasteiger partial charge on any atom is 0.330 e. The van der Waals surface area contributed by atoms with Gasteiger partial charge in [0.25, 0.3) is 0 Å². The van der Waals surface area contributed by atoms with Crippen molar-refractivity contribution < 1.29 is 23.9 Å². The van der Waals surface area contributed by atoms with E-state index < -0.39 is 17.7 Å². The molecule has 1 aliphatic heterocycles. The van der Waals surface area contributed by atoms with E-state index >= 15 is 0 Å². The molecule has 144 valence electrons. The van der Waals surface area contributed by atoms with E-state index in [1.165, 1.54) is 13.2 Å². The average Bonchev–Trinajstić information content (AvgIpc) is 2.89. The maximum absolute atomic E-state index is 13.1. The third-order valence-electron chi connectivity index (χ3n) is 7.21. The van der Waals surface area contributed by atoms with Crippen molar-refractivity contribution in [1.29, 1.82) is 0 Å². The Bertz CT molecular complexity index is 663. The molecule has 0 unspecified atom stereocenters. The van der Waals surface area contributed by atoms with Crippen molar-refractivity contribution in [3.8, 4) is 0 Å². The van der Waals surface area contributed by atoms with Crippen LogP contribution in [0.3, 0.4) is 0 Å². The quantitative estimate of drug-likeness (QED) is 0.438. The van der Waals surface area contributed by atoms with Gasteiger partial charge in [-0.1, -0.05) is 27.2 Å². The number of hydrogen-bond donors (Lipinski definition) is 0. The molecule has 2 aliphatic carbocycles. The Balaban J connectivity index is 1.97. The van der Waals surface area contributed by atoms with Crippen LogP contribution < -0.4 is 0 Å². The van der Waals surface area contributed by atoms with E-state index in [4.69, 9.17) is 4.74 Å². The van der Waals surface area contributed by atoms with E-state index in [0.29, 0.717) is 24.7 Å². The second-order valence-electron chi connectivity index (χ2n) is 9.42. The van der Waals surface area contributed by atoms with Gasteiger partial charge >= 0.3 is 5.97 Å². The Kier molecular flexibility index (Phi) is 4.67. The smallest absolute Gasteiger partial charge is 0.330 e. The molecular weight excluding hydrogens is 332 g/mol. The number of methoxy groups -OCH3 is 1. The van der Waals surface area contributed by atoms with Gasteiger partial charge in [0, 0.05) is 24.0 Å². The molecule has 3 rings (SSSR count). The van der Waals surface area contributed by atoms with Crippen LogP contribution >= 0.6 is 0 Å². The molecule has 5 heteroatoms. The summed E-state index contributed by atoms with van der Waals surface area (Å²) in [6.07, 6.45) is 5.63. The second-order valence-corrected chi connectivity index (χ2v) is 9.42. The van der Waals surface area contributed by atoms with Gasteiger partial charge in [0.05, 0.1) is 18.8 Å². The molecule has 0 spiro atoms. The summed E-state index contributed by atoms with van der Waals surface area (Å²) >= 11 is 0. The number of hydrogen-bond acceptors (Lipinski definition) is 5. The SMILES string of the molecule is COC(=O)/C=C(\C=O)[C@@H]1C[C@H]2[C@]3(C)CCCC(C)(C)[C@H]3C(=O)C[C@]2(C)O1. The van der Waals surface area contributed by atoms with Crippen molar-refractivity contribution in [2.75, 3.05) is 7.11 Å². The summed E-state index contributed by atoms with van der Waals surface area (Å²) in [5.74, 6) is -0.0763. The summed E-state index contributed by atoms with van der Waals surface area (Å²) in [7, 11) is 1.28. The molecule has 0 aromatic rings. The lowest BCUT2D eigenvalue weighted by Crippen LogP contribution is -2.60. The first-order valence-corrected chi connectivity index (χ1v) is 9.52. The molecule has 5 atom stereocenters. The van der Waals surface area contributed by atoms with Gasteiger partial charge in [-0.2, -0.15) is 0 Å². The van der Waals surface area contributed by atoms with Crippen molar-refractivity contribution in [1.82, 2.24) is 0 Å². The zero-order valence-electron chi connectivity index (χ0n) is 16.5. The topological polar surface area (TPSA) is 69.7 Å². The minimum absolute atomic E-state index is 0.0150. The van der Waals surface area contributed by atoms with Crippen LogP contribution in [0.25, 0.3) is 0 Å². The summed E-state index contributed by atoms with van der Waals surface area (Å²) in [5, 5.41) is 0. The Labute approximate surface area is 155 Å². The highest BCUT2D eigenvalue weighted by atomic mass is 16.5. The fraction of sp³-hybridized carbons (Fsp3) is 0.762. The van der Waals surface area contributed by atoms with Crippen LogP contribution in [0.2, 0.25) is 0 Å². The predicted octanol–water partition coefficient (Wildman–Crippen LogP) is 3.25. The van der Waals surface area contributed by atoms with Crippen molar-refractivity contribution in [3.63, 3.8) is 0 Å². The number of ketones is 1. The molecule has 1 saturated heterocycles. The Hall–Kier alpha value is -1.49. The first-order valence-electron chi connectivity index (χ1n) is 9.52. The van der Waals surface area contributed by atoms with Gasteiger partial charge in [0.1, 0.15) is 12.1 Å². The summed E-state index contributed by atoms with van der Waals surface area (Å²) in [5.41, 5.74) is -0.438. The van der Waals surface area contributed by atoms with E-state index in [0.717, 1.165) is 19.3 Å². The number of carbonyl (C=O) groups is 3. The fourth-order valence-corrected chi connectivity index (χ4v) is 6.39. The molecule has 0 aromatic carbocycles. The van der Waals surface area contributed by atoms with Crippen molar-refractivity contribution >= 4 is 18.0 Å². The molecule has 0 amide bonds. The lowest BCUT2D eigenvalue weighted by Gasteiger charge is -2.59. The lowest BCUT2D eigenvalue weighted by atomic mass is 9.45. The number of fused-ring (bicyclic) bond motifs is 3. The van der Waals surface area contributed by atoms with E-state index in [2.05, 4.69) is 25.5 Å². The van der Waals surface area contributed by atoms with Gasteiger partial charge in [-0.15, -0.1) is 0 Å². The van der Waals surface area contributed by atoms with Gasteiger partial charge < -0.3 is 9.47 Å². The van der Waals surface area contributed by atoms with Gasteiger partial charge in [-0.3, -0.25) is 9.59 Å². The third kappa shape index (κ3) is 2.84. The molecule has 0 aromatic heterocycles. The largest absolute Gasteiger partial charge is 0.466 e. The Morgan fingerprint density at radius 1 is 1.23 bits per heavy atom. The summed E-state index contributed by atoms with van der Waals surface area (Å²) < 4.78 is 10.9. The van der Waals surface area contributed by atoms with Crippen molar-refractivity contribution in [2.24, 2.45) is 22.7 Å². The van der Waals surface area contributed by atoms with E-state index in [9.17, 15) is 14.4 Å². The first kappa shape index (κ1) is 19.3. The number of carbonyl (C=O) groups excluding carboxylic acids is 3. The van der Waals surface area contributed by atoms with Crippen LogP contribution in [0.4, 0.5) is 0 Å². The molecule has 3 aliphatic rings. The number of rotatable bonds is 3. The minimum atomic E-state index is -0.585. The van der Waals surface area contributed by atoms with Gasteiger partial charge in [0.2, 0.25) is 0 Å². The summed E-state index contributed by atoms with van der Waals surface area (Å²) in [4.78, 5) is 36.3. The number of Topliss-reactive ketones (excluding diaryl/α,β-unsaturated/α-hetero) is 1. The summed E-state index contributed by atoms with van der Waals surface area (Å²) in [6, 6.07) is 0. The van der Waals surface area contributed by atoms with Gasteiger partial charge in [0.15, 0.2) is 0 Å². The Morgan fingerprint density at radius 3 is 2.54 bits per heavy atom. The van der Waals surface area contributed by atoms with Crippen LogP contribution in [0.1, 0.15) is 59.8 Å². The number of aldehydes is 1. The highest BCUT2D eigenvalue weighted by Crippen LogP contribution is 2.64. The molecule has 1 heterocycles. The van der Waals surface area contributed by atoms with Crippen LogP contribution in [0, 0.1) is 22.7 Å². The third-order valence-corrected chi connectivity index (χ3v) is 7.21. The highest BCUT2D eigenvalue weighted by molar-refractivity contribution is 5.90. The van der Waals surface area contributed by atoms with E-state index in [1.54, 1.807) is 0 Å². The normalized spacial score (nSPS) is 42.0. The Morgan fingerprint density at radius 2 is 1.92 bits per heavy atom. The zero-order valence-corrected chi connectivity index (χ0v) is 16.5. The minimum Gasteiger partial charge on any atom is -0.466 e. The predicted molar refractivity (Wildman–Crippen MR) is 96.4 cm³/mol. The molecule has 26 heavy (non-hydrogen) atoms. The van der Waals surface area contributed by atoms with Crippen LogP contribution in [-0.2, 0) is 23.9 Å². The first-order chi connectivity index (χ1) is 12.1. The number of ether oxygens (including phenoxy) is 2. The standard InChI is InChI=1S/C21H30O5/c1-19(2)7-6-8-20(3)16-10-15(13(12-22)9-17(24)25-5)26-21(16,4)11-14(23)18(19)20/h9,12,15-16,18H,6-8,10-11H2,1-5H3/b13-9+/t15-,16-,18+,20-,21-/m0/s1. The average molecular weight is 362 g/mol. The highest BCUT2D eigenvalue weighted by Gasteiger charge is 2.65. The van der Waals surface area contributed by atoms with E-state index in [1.807, 2.05) is 6.92 Å². The number of esters is 1. The second kappa shape index (κ2) is 6.29. The molecule has 0 radical (unpaired) electrons. The van der Waals surface area contributed by atoms with Crippen molar-refractivity contribution in [3.05, 3.63) is 11.6 Å². The summed E-state index contributed by atoms with van der Waals surface area (Å²) in [6.45, 7) is 8.64. The molecule has 5 nitrogen and oxygen atoms in total. The van der Waals surface area contributed by atoms with E-state index in [-0.39, 0.29) is 28.4 Å². The molecule has 3 fully saturated rings. The molecule has 2 saturated carbocycles. The fourth-order valence-electron chi connectivity index (χ4n) is 6.39. The van der Waals surface area contributed by atoms with Crippen LogP contribution in [0.15, 0.2) is 11.6 Å². The van der Waals surface area contributed by atoms with Gasteiger partial charge in [-0.05, 0) is 42.9 Å². The molecule has 0 N–H and O–H groups in total. The molecule has 0 bridgehead atoms. The van der Waals surface area contributed by atoms with Crippen LogP contribution in [0.5, 0.6) is 0 Å². The maximum atomic E-state index is 13.1. The lowest BCUT2D eigenvalue weighted by molar-refractivity contribution is -0.172.